The third-order valence-corrected chi connectivity index (χ3v) is 2.31. The molecule has 19 heavy (non-hydrogen) atoms. The van der Waals surface area contributed by atoms with Crippen molar-refractivity contribution in [2.45, 2.75) is 6.42 Å². The van der Waals surface area contributed by atoms with E-state index in [4.69, 9.17) is 9.84 Å². The zero-order valence-electron chi connectivity index (χ0n) is 11.6. The molecule has 0 atom stereocenters. The van der Waals surface area contributed by atoms with Crippen LogP contribution in [-0.4, -0.2) is 75.6 Å². The maximum Gasteiger partial charge on any atom is 0.407 e. The van der Waals surface area contributed by atoms with Crippen LogP contribution in [0.2, 0.25) is 0 Å². The first-order valence-corrected chi connectivity index (χ1v) is 6.26. The first kappa shape index (κ1) is 17.5. The van der Waals surface area contributed by atoms with Crippen LogP contribution >= 0.6 is 0 Å². The number of carbonyl (C=O) groups excluding carboxylic acids is 1. The summed E-state index contributed by atoms with van der Waals surface area (Å²) in [5.41, 5.74) is 0. The lowest BCUT2D eigenvalue weighted by Gasteiger charge is -2.12. The maximum absolute atomic E-state index is 11.2. The molecule has 3 amide bonds. The minimum atomic E-state index is -0.969. The summed E-state index contributed by atoms with van der Waals surface area (Å²) in [6, 6.07) is -0.194. The van der Waals surface area contributed by atoms with Crippen LogP contribution in [0, 0.1) is 0 Å². The van der Waals surface area contributed by atoms with Gasteiger partial charge in [-0.25, -0.2) is 9.59 Å². The van der Waals surface area contributed by atoms with E-state index in [1.165, 1.54) is 7.05 Å². The Kier molecular flexibility index (Phi) is 10.6. The average Bonchev–Trinajstić information content (AvgIpc) is 2.37. The first-order valence-electron chi connectivity index (χ1n) is 6.26. The molecule has 0 heterocycles. The van der Waals surface area contributed by atoms with Crippen molar-refractivity contribution in [3.8, 4) is 0 Å². The van der Waals surface area contributed by atoms with Crippen molar-refractivity contribution in [3.63, 3.8) is 0 Å². The maximum atomic E-state index is 11.2. The molecule has 0 rings (SSSR count). The van der Waals surface area contributed by atoms with Gasteiger partial charge in [0, 0.05) is 39.8 Å². The van der Waals surface area contributed by atoms with Crippen LogP contribution in [0.5, 0.6) is 0 Å². The second-order valence-corrected chi connectivity index (χ2v) is 3.96. The number of hydrogen-bond donors (Lipinski definition) is 4. The number of nitrogens with one attached hydrogen (secondary N) is 3. The molecule has 0 aromatic carbocycles. The minimum Gasteiger partial charge on any atom is -0.465 e. The van der Waals surface area contributed by atoms with Gasteiger partial charge in [0.05, 0.1) is 6.61 Å². The third-order valence-electron chi connectivity index (χ3n) is 2.31. The van der Waals surface area contributed by atoms with Crippen molar-refractivity contribution >= 4 is 12.1 Å². The number of likely N-dealkylation sites (N-methyl/N-ethyl adjacent to an activating group) is 2. The van der Waals surface area contributed by atoms with Gasteiger partial charge in [-0.15, -0.1) is 0 Å². The molecular weight excluding hydrogens is 252 g/mol. The van der Waals surface area contributed by atoms with E-state index in [2.05, 4.69) is 16.0 Å². The molecule has 0 unspecified atom stereocenters. The summed E-state index contributed by atoms with van der Waals surface area (Å²) in [7, 11) is 3.31. The predicted molar refractivity (Wildman–Crippen MR) is 71.4 cm³/mol. The van der Waals surface area contributed by atoms with Gasteiger partial charge in [-0.2, -0.15) is 0 Å². The molecule has 0 aromatic rings. The zero-order chi connectivity index (χ0) is 14.5. The fraction of sp³-hybridized carbons (Fsp3) is 0.818. The largest absolute Gasteiger partial charge is 0.465 e. The van der Waals surface area contributed by atoms with E-state index in [-0.39, 0.29) is 6.03 Å². The third kappa shape index (κ3) is 11.3. The standard InChI is InChI=1S/C11H24N4O4/c1-12-5-6-14-10(16)13-4-3-8-19-9-7-15(2)11(17)18/h12H,3-9H2,1-2H3,(H,17,18)(H2,13,14,16). The van der Waals surface area contributed by atoms with Crippen LogP contribution in [0.25, 0.3) is 0 Å². The van der Waals surface area contributed by atoms with Gasteiger partial charge in [-0.3, -0.25) is 0 Å². The van der Waals surface area contributed by atoms with Gasteiger partial charge in [0.2, 0.25) is 0 Å². The number of hydrogen-bond acceptors (Lipinski definition) is 4. The van der Waals surface area contributed by atoms with E-state index < -0.39 is 6.09 Å². The highest BCUT2D eigenvalue weighted by atomic mass is 16.5. The van der Waals surface area contributed by atoms with E-state index in [0.717, 1.165) is 11.4 Å². The van der Waals surface area contributed by atoms with Crippen molar-refractivity contribution < 1.29 is 19.4 Å². The lowest BCUT2D eigenvalue weighted by atomic mass is 10.4. The fourth-order valence-electron chi connectivity index (χ4n) is 1.14. The van der Waals surface area contributed by atoms with Crippen LogP contribution in [0.15, 0.2) is 0 Å². The normalized spacial score (nSPS) is 10.0. The Hall–Kier alpha value is -1.54. The Morgan fingerprint density at radius 2 is 1.84 bits per heavy atom. The number of carbonyl (C=O) groups is 2. The molecule has 0 fully saturated rings. The second kappa shape index (κ2) is 11.5. The highest BCUT2D eigenvalue weighted by molar-refractivity contribution is 5.73. The van der Waals surface area contributed by atoms with Crippen molar-refractivity contribution in [2.24, 2.45) is 0 Å². The van der Waals surface area contributed by atoms with Crippen LogP contribution in [0.4, 0.5) is 9.59 Å². The highest BCUT2D eigenvalue weighted by Gasteiger charge is 2.03. The molecule has 0 saturated heterocycles. The van der Waals surface area contributed by atoms with Crippen molar-refractivity contribution in [1.29, 1.82) is 0 Å². The molecule has 0 spiro atoms. The molecule has 0 aromatic heterocycles. The van der Waals surface area contributed by atoms with Gasteiger partial charge in [-0.1, -0.05) is 0 Å². The van der Waals surface area contributed by atoms with Crippen molar-refractivity contribution in [1.82, 2.24) is 20.9 Å². The summed E-state index contributed by atoms with van der Waals surface area (Å²) >= 11 is 0. The lowest BCUT2D eigenvalue weighted by Crippen LogP contribution is -2.39. The number of amides is 3. The molecule has 0 radical (unpaired) electrons. The Labute approximate surface area is 113 Å². The topological polar surface area (TPSA) is 103 Å². The van der Waals surface area contributed by atoms with E-state index in [1.54, 1.807) is 0 Å². The number of carboxylic acid groups (broad SMARTS) is 1. The fourth-order valence-corrected chi connectivity index (χ4v) is 1.14. The van der Waals surface area contributed by atoms with Crippen LogP contribution < -0.4 is 16.0 Å². The van der Waals surface area contributed by atoms with Gasteiger partial charge >= 0.3 is 12.1 Å². The molecule has 112 valence electrons. The lowest BCUT2D eigenvalue weighted by molar-refractivity contribution is 0.101. The Bertz CT molecular complexity index is 263. The summed E-state index contributed by atoms with van der Waals surface area (Å²) in [5.74, 6) is 0. The Morgan fingerprint density at radius 3 is 2.47 bits per heavy atom. The van der Waals surface area contributed by atoms with Gasteiger partial charge in [0.25, 0.3) is 0 Å². The molecule has 8 nitrogen and oxygen atoms in total. The predicted octanol–water partition coefficient (Wildman–Crippen LogP) is -0.478. The number of ether oxygens (including phenoxy) is 1. The van der Waals surface area contributed by atoms with Crippen LogP contribution in [0.3, 0.4) is 0 Å². The Balaban J connectivity index is 3.26. The number of rotatable bonds is 10. The van der Waals surface area contributed by atoms with Gasteiger partial charge in [0.1, 0.15) is 0 Å². The summed E-state index contributed by atoms with van der Waals surface area (Å²) in [6.07, 6.45) is -0.278. The zero-order valence-corrected chi connectivity index (χ0v) is 11.6. The smallest absolute Gasteiger partial charge is 0.407 e. The number of nitrogens with zero attached hydrogens (tertiary/aromatic N) is 1. The molecular formula is C11H24N4O4. The monoisotopic (exact) mass is 276 g/mol. The molecule has 4 N–H and O–H groups in total. The van der Waals surface area contributed by atoms with Crippen LogP contribution in [0.1, 0.15) is 6.42 Å². The van der Waals surface area contributed by atoms with Crippen LogP contribution in [-0.2, 0) is 4.74 Å². The molecule has 8 heteroatoms. The second-order valence-electron chi connectivity index (χ2n) is 3.96. The SMILES string of the molecule is CNCCNC(=O)NCCCOCCN(C)C(=O)O. The average molecular weight is 276 g/mol. The van der Waals surface area contributed by atoms with Crippen molar-refractivity contribution in [3.05, 3.63) is 0 Å². The van der Waals surface area contributed by atoms with Gasteiger partial charge < -0.3 is 30.7 Å². The Morgan fingerprint density at radius 1 is 1.16 bits per heavy atom. The van der Waals surface area contributed by atoms with Crippen molar-refractivity contribution in [2.75, 3.05) is 53.5 Å². The minimum absolute atomic E-state index is 0.194. The summed E-state index contributed by atoms with van der Waals surface area (Å²) in [6.45, 7) is 3.03. The first-order chi connectivity index (χ1) is 9.07. The van der Waals surface area contributed by atoms with E-state index >= 15 is 0 Å². The van der Waals surface area contributed by atoms with Gasteiger partial charge in [-0.05, 0) is 13.5 Å². The summed E-state index contributed by atoms with van der Waals surface area (Å²) in [4.78, 5) is 22.8. The van der Waals surface area contributed by atoms with E-state index in [0.29, 0.717) is 39.3 Å². The van der Waals surface area contributed by atoms with Gasteiger partial charge in [0.15, 0.2) is 0 Å². The molecule has 0 aliphatic rings. The molecule has 0 bridgehead atoms. The summed E-state index contributed by atoms with van der Waals surface area (Å²) < 4.78 is 5.25. The quantitative estimate of drug-likeness (QED) is 0.404. The van der Waals surface area contributed by atoms with E-state index in [1.807, 2.05) is 7.05 Å². The van der Waals surface area contributed by atoms with E-state index in [9.17, 15) is 9.59 Å². The summed E-state index contributed by atoms with van der Waals surface area (Å²) in [5, 5.41) is 16.9. The number of urea groups is 1. The molecule has 0 saturated carbocycles. The highest BCUT2D eigenvalue weighted by Crippen LogP contribution is 1.86. The molecule has 0 aliphatic carbocycles. The molecule has 0 aliphatic heterocycles.